The van der Waals surface area contributed by atoms with Crippen molar-refractivity contribution in [1.82, 2.24) is 5.32 Å². The maximum absolute atomic E-state index is 13.0. The van der Waals surface area contributed by atoms with Crippen LogP contribution in [0, 0.1) is 12.8 Å². The number of benzene rings is 1. The second kappa shape index (κ2) is 6.28. The molecule has 0 aromatic heterocycles. The van der Waals surface area contributed by atoms with Gasteiger partial charge < -0.3 is 10.1 Å². The van der Waals surface area contributed by atoms with Crippen LogP contribution in [0.15, 0.2) is 12.1 Å². The molecule has 0 spiro atoms. The second-order valence-electron chi connectivity index (χ2n) is 7.33. The van der Waals surface area contributed by atoms with Gasteiger partial charge >= 0.3 is 6.18 Å². The van der Waals surface area contributed by atoms with Crippen molar-refractivity contribution in [2.45, 2.75) is 57.7 Å². The number of ether oxygens (including phenoxy) is 1. The Kier molecular flexibility index (Phi) is 4.53. The topological polar surface area (TPSA) is 55.4 Å². The van der Waals surface area contributed by atoms with Gasteiger partial charge in [-0.2, -0.15) is 13.2 Å². The van der Waals surface area contributed by atoms with Gasteiger partial charge in [0.2, 0.25) is 5.91 Å². The first kappa shape index (κ1) is 18.7. The first-order chi connectivity index (χ1) is 12.1. The summed E-state index contributed by atoms with van der Waals surface area (Å²) in [6.45, 7) is 3.93. The zero-order valence-corrected chi connectivity index (χ0v) is 15.0. The smallest absolute Gasteiger partial charge is 0.422 e. The van der Waals surface area contributed by atoms with Crippen molar-refractivity contribution in [2.75, 3.05) is 6.61 Å². The molecule has 2 aliphatic rings. The lowest BCUT2D eigenvalue weighted by atomic mass is 9.81. The third-order valence-corrected chi connectivity index (χ3v) is 5.33. The third-order valence-electron chi connectivity index (χ3n) is 5.33. The van der Waals surface area contributed by atoms with Crippen LogP contribution >= 0.6 is 0 Å². The van der Waals surface area contributed by atoms with Crippen LogP contribution in [0.1, 0.15) is 49.3 Å². The van der Waals surface area contributed by atoms with E-state index in [9.17, 15) is 22.8 Å². The number of ketones is 1. The van der Waals surface area contributed by atoms with Gasteiger partial charge in [-0.25, -0.2) is 0 Å². The van der Waals surface area contributed by atoms with E-state index in [0.717, 1.165) is 12.8 Å². The lowest BCUT2D eigenvalue weighted by Crippen LogP contribution is -2.45. The molecule has 4 nitrogen and oxygen atoms in total. The monoisotopic (exact) mass is 369 g/mol. The summed E-state index contributed by atoms with van der Waals surface area (Å²) in [6, 6.07) is 2.97. The van der Waals surface area contributed by atoms with Gasteiger partial charge in [0, 0.05) is 0 Å². The minimum Gasteiger partial charge on any atom is -0.484 e. The molecule has 3 rings (SSSR count). The number of aryl methyl sites for hydroxylation is 2. The molecule has 1 saturated heterocycles. The molecule has 1 saturated carbocycles. The summed E-state index contributed by atoms with van der Waals surface area (Å²) in [5.41, 5.74) is 1.01. The summed E-state index contributed by atoms with van der Waals surface area (Å²) in [6.07, 6.45) is -2.11. The molecule has 2 atom stereocenters. The van der Waals surface area contributed by atoms with E-state index in [1.807, 2.05) is 6.92 Å². The predicted molar refractivity (Wildman–Crippen MR) is 89.1 cm³/mol. The van der Waals surface area contributed by atoms with E-state index in [2.05, 4.69) is 5.32 Å². The molecule has 26 heavy (non-hydrogen) atoms. The fraction of sp³-hybridized carbons (Fsp3) is 0.579. The SMILES string of the molecule is CCc1cc(OCC(F)(F)F)cc(C)c1C1C(=O)NC(C)(C2CC2)C1=O. The molecule has 1 aromatic rings. The molecule has 0 bridgehead atoms. The lowest BCUT2D eigenvalue weighted by Gasteiger charge is -2.22. The summed E-state index contributed by atoms with van der Waals surface area (Å²) in [5, 5.41) is 2.86. The molecule has 2 unspecified atom stereocenters. The van der Waals surface area contributed by atoms with E-state index < -0.39 is 24.2 Å². The maximum atomic E-state index is 13.0. The Morgan fingerprint density at radius 1 is 1.27 bits per heavy atom. The fourth-order valence-electron chi connectivity index (χ4n) is 3.82. The number of hydrogen-bond donors (Lipinski definition) is 1. The molecular formula is C19H22F3NO3. The van der Waals surface area contributed by atoms with Crippen molar-refractivity contribution in [1.29, 1.82) is 0 Å². The average Bonchev–Trinajstić information content (AvgIpc) is 3.35. The Bertz CT molecular complexity index is 755. The molecular weight excluding hydrogens is 347 g/mol. The molecule has 2 fully saturated rings. The van der Waals surface area contributed by atoms with Crippen molar-refractivity contribution in [2.24, 2.45) is 5.92 Å². The number of amides is 1. The molecule has 0 radical (unpaired) electrons. The van der Waals surface area contributed by atoms with Gasteiger partial charge in [0.05, 0.1) is 5.54 Å². The van der Waals surface area contributed by atoms with Crippen LogP contribution in [0.3, 0.4) is 0 Å². The Hall–Kier alpha value is -2.05. The first-order valence-corrected chi connectivity index (χ1v) is 8.76. The zero-order valence-electron chi connectivity index (χ0n) is 15.0. The molecule has 1 aromatic carbocycles. The average molecular weight is 369 g/mol. The number of halogens is 3. The van der Waals surface area contributed by atoms with Crippen LogP contribution in [0.2, 0.25) is 0 Å². The Morgan fingerprint density at radius 2 is 1.92 bits per heavy atom. The molecule has 1 heterocycles. The van der Waals surface area contributed by atoms with Crippen molar-refractivity contribution in [3.8, 4) is 5.75 Å². The molecule has 142 valence electrons. The van der Waals surface area contributed by atoms with Crippen molar-refractivity contribution < 1.29 is 27.5 Å². The standard InChI is InChI=1S/C19H22F3NO3/c1-4-11-8-13(26-9-19(20,21)22)7-10(2)14(11)15-16(24)18(3,12-5-6-12)23-17(15)25/h7-8,12,15H,4-6,9H2,1-3H3,(H,23,25). The van der Waals surface area contributed by atoms with Gasteiger partial charge in [0.1, 0.15) is 11.7 Å². The summed E-state index contributed by atoms with van der Waals surface area (Å²) in [4.78, 5) is 25.6. The Morgan fingerprint density at radius 3 is 2.46 bits per heavy atom. The van der Waals surface area contributed by atoms with Crippen LogP contribution in [0.25, 0.3) is 0 Å². The fourth-order valence-corrected chi connectivity index (χ4v) is 3.82. The number of Topliss-reactive ketones (excluding diaryl/α,β-unsaturated/α-hetero) is 1. The van der Waals surface area contributed by atoms with Crippen molar-refractivity contribution in [3.63, 3.8) is 0 Å². The second-order valence-corrected chi connectivity index (χ2v) is 7.33. The van der Waals surface area contributed by atoms with Crippen molar-refractivity contribution in [3.05, 3.63) is 28.8 Å². The number of hydrogen-bond acceptors (Lipinski definition) is 3. The number of carbonyl (C=O) groups excluding carboxylic acids is 2. The first-order valence-electron chi connectivity index (χ1n) is 8.76. The lowest BCUT2D eigenvalue weighted by molar-refractivity contribution is -0.153. The van der Waals surface area contributed by atoms with Crippen molar-refractivity contribution >= 4 is 11.7 Å². The van der Waals surface area contributed by atoms with E-state index in [4.69, 9.17) is 4.74 Å². The van der Waals surface area contributed by atoms with E-state index in [1.165, 1.54) is 12.1 Å². The zero-order chi connectivity index (χ0) is 19.3. The third kappa shape index (κ3) is 3.31. The van der Waals surface area contributed by atoms with E-state index in [1.54, 1.807) is 13.8 Å². The summed E-state index contributed by atoms with van der Waals surface area (Å²) in [7, 11) is 0. The molecule has 7 heteroatoms. The largest absolute Gasteiger partial charge is 0.484 e. The van der Waals surface area contributed by atoms with Gasteiger partial charge in [0.25, 0.3) is 0 Å². The van der Waals surface area contributed by atoms with Crippen LogP contribution in [-0.2, 0) is 16.0 Å². The Balaban J connectivity index is 1.94. The number of rotatable bonds is 5. The number of alkyl halides is 3. The summed E-state index contributed by atoms with van der Waals surface area (Å²) in [5.74, 6) is -1.12. The molecule has 1 aliphatic heterocycles. The predicted octanol–water partition coefficient (Wildman–Crippen LogP) is 3.45. The summed E-state index contributed by atoms with van der Waals surface area (Å²) < 4.78 is 42.0. The van der Waals surface area contributed by atoms with Gasteiger partial charge in [-0.05, 0) is 67.9 Å². The van der Waals surface area contributed by atoms with E-state index >= 15 is 0 Å². The quantitative estimate of drug-likeness (QED) is 0.809. The minimum atomic E-state index is -4.42. The highest BCUT2D eigenvalue weighted by Crippen LogP contribution is 2.46. The van der Waals surface area contributed by atoms with Gasteiger partial charge in [0.15, 0.2) is 12.4 Å². The highest BCUT2D eigenvalue weighted by atomic mass is 19.4. The van der Waals surface area contributed by atoms with Gasteiger partial charge in [-0.3, -0.25) is 9.59 Å². The normalized spacial score (nSPS) is 26.2. The molecule has 1 aliphatic carbocycles. The maximum Gasteiger partial charge on any atom is 0.422 e. The van der Waals surface area contributed by atoms with Gasteiger partial charge in [-0.15, -0.1) is 0 Å². The Labute approximate surface area is 150 Å². The van der Waals surface area contributed by atoms with E-state index in [-0.39, 0.29) is 23.4 Å². The highest BCUT2D eigenvalue weighted by Gasteiger charge is 2.57. The van der Waals surface area contributed by atoms with Crippen LogP contribution in [0.4, 0.5) is 13.2 Å². The van der Waals surface area contributed by atoms with E-state index in [0.29, 0.717) is 23.1 Å². The number of nitrogens with one attached hydrogen (secondary N) is 1. The van der Waals surface area contributed by atoms with Crippen LogP contribution in [0.5, 0.6) is 5.75 Å². The molecule has 1 amide bonds. The summed E-state index contributed by atoms with van der Waals surface area (Å²) >= 11 is 0. The van der Waals surface area contributed by atoms with Crippen LogP contribution in [-0.4, -0.2) is 30.0 Å². The molecule has 1 N–H and O–H groups in total. The van der Waals surface area contributed by atoms with Gasteiger partial charge in [-0.1, -0.05) is 6.92 Å². The van der Waals surface area contributed by atoms with Crippen LogP contribution < -0.4 is 10.1 Å². The highest BCUT2D eigenvalue weighted by molar-refractivity contribution is 6.17. The number of carbonyl (C=O) groups is 2. The minimum absolute atomic E-state index is 0.0937.